The molecule has 5 rings (SSSR count). The Hall–Kier alpha value is -4.48. The third kappa shape index (κ3) is 5.21. The maximum Gasteiger partial charge on any atom is 0.416 e. The number of para-hydroxylation sites is 1. The van der Waals surface area contributed by atoms with Gasteiger partial charge in [-0.25, -0.2) is 0 Å². The number of pyridine rings is 1. The van der Waals surface area contributed by atoms with Gasteiger partial charge in [0.05, 0.1) is 30.3 Å². The minimum Gasteiger partial charge on any atom is -0.497 e. The van der Waals surface area contributed by atoms with Gasteiger partial charge in [0.15, 0.2) is 0 Å². The summed E-state index contributed by atoms with van der Waals surface area (Å²) in [5, 5.41) is 0.505. The van der Waals surface area contributed by atoms with Crippen LogP contribution in [-0.4, -0.2) is 36.1 Å². The molecule has 0 N–H and O–H groups in total. The molecular formula is C29H22F6N2O4. The minimum atomic E-state index is -5.04. The van der Waals surface area contributed by atoms with Crippen molar-refractivity contribution >= 4 is 16.8 Å². The summed E-state index contributed by atoms with van der Waals surface area (Å²) in [6.07, 6.45) is -10.1. The Balaban J connectivity index is 1.68. The second kappa shape index (κ2) is 10.2. The number of halogens is 6. The third-order valence-electron chi connectivity index (χ3n) is 6.81. The molecule has 2 heterocycles. The van der Waals surface area contributed by atoms with E-state index in [1.807, 2.05) is 0 Å². The van der Waals surface area contributed by atoms with Crippen LogP contribution in [0.5, 0.6) is 11.5 Å². The van der Waals surface area contributed by atoms with Gasteiger partial charge in [-0.2, -0.15) is 26.3 Å². The van der Waals surface area contributed by atoms with E-state index in [2.05, 4.69) is 0 Å². The predicted molar refractivity (Wildman–Crippen MR) is 138 cm³/mol. The molecule has 0 saturated heterocycles. The van der Waals surface area contributed by atoms with E-state index in [4.69, 9.17) is 9.47 Å². The fourth-order valence-corrected chi connectivity index (χ4v) is 4.98. The summed E-state index contributed by atoms with van der Waals surface area (Å²) >= 11 is 0. The van der Waals surface area contributed by atoms with E-state index in [9.17, 15) is 35.9 Å². The number of methoxy groups -OCH3 is 1. The molecule has 1 aromatic heterocycles. The van der Waals surface area contributed by atoms with Crippen LogP contribution < -0.4 is 15.0 Å². The molecule has 0 aliphatic carbocycles. The fourth-order valence-electron chi connectivity index (χ4n) is 4.98. The Morgan fingerprint density at radius 3 is 2.27 bits per heavy atom. The largest absolute Gasteiger partial charge is 0.497 e. The van der Waals surface area contributed by atoms with Crippen molar-refractivity contribution in [1.82, 2.24) is 9.47 Å². The first-order valence-corrected chi connectivity index (χ1v) is 12.3. The number of amides is 1. The van der Waals surface area contributed by atoms with E-state index in [1.165, 1.54) is 18.7 Å². The number of hydrogen-bond donors (Lipinski definition) is 0. The van der Waals surface area contributed by atoms with Gasteiger partial charge in [0.2, 0.25) is 0 Å². The van der Waals surface area contributed by atoms with E-state index >= 15 is 0 Å². The lowest BCUT2D eigenvalue weighted by Crippen LogP contribution is -2.37. The Labute approximate surface area is 229 Å². The molecule has 4 aromatic rings. The van der Waals surface area contributed by atoms with Crippen molar-refractivity contribution in [3.63, 3.8) is 0 Å². The Morgan fingerprint density at radius 1 is 0.976 bits per heavy atom. The maximum atomic E-state index is 13.9. The monoisotopic (exact) mass is 576 g/mol. The van der Waals surface area contributed by atoms with Gasteiger partial charge in [-0.15, -0.1) is 0 Å². The molecule has 3 aromatic carbocycles. The number of carbonyl (C=O) groups is 1. The summed E-state index contributed by atoms with van der Waals surface area (Å²) in [7, 11) is 2.66. The van der Waals surface area contributed by atoms with Gasteiger partial charge in [-0.1, -0.05) is 24.3 Å². The zero-order valence-electron chi connectivity index (χ0n) is 21.7. The summed E-state index contributed by atoms with van der Waals surface area (Å²) in [6, 6.07) is 12.8. The highest BCUT2D eigenvalue weighted by Gasteiger charge is 2.37. The van der Waals surface area contributed by atoms with E-state index in [-0.39, 0.29) is 30.3 Å². The van der Waals surface area contributed by atoms with Gasteiger partial charge in [0.1, 0.15) is 23.7 Å². The van der Waals surface area contributed by atoms with Gasteiger partial charge in [-0.3, -0.25) is 9.59 Å². The van der Waals surface area contributed by atoms with E-state index in [0.717, 1.165) is 4.90 Å². The number of ether oxygens (including phenoxy) is 2. The number of nitrogens with zero attached hydrogens (tertiary/aromatic N) is 2. The number of alkyl halides is 6. The number of hydrogen-bond acceptors (Lipinski definition) is 4. The average Bonchev–Trinajstić information content (AvgIpc) is 2.93. The maximum absolute atomic E-state index is 13.9. The lowest BCUT2D eigenvalue weighted by Gasteiger charge is -2.25. The molecule has 6 nitrogen and oxygen atoms in total. The molecule has 1 amide bonds. The molecule has 214 valence electrons. The van der Waals surface area contributed by atoms with Crippen LogP contribution in [0.25, 0.3) is 22.0 Å². The van der Waals surface area contributed by atoms with Crippen molar-refractivity contribution in [2.75, 3.05) is 20.8 Å². The van der Waals surface area contributed by atoms with Crippen molar-refractivity contribution in [2.24, 2.45) is 0 Å². The quantitative estimate of drug-likeness (QED) is 0.259. The van der Waals surface area contributed by atoms with Gasteiger partial charge >= 0.3 is 12.4 Å². The number of aromatic nitrogens is 1. The summed E-state index contributed by atoms with van der Waals surface area (Å²) in [6.45, 7) is -0.320. The standard InChI is InChI=1S/C29H22F6N2O4/c1-36(15-16-11-18(28(30,31)32)14-19(12-16)29(33,34)35)26(38)24-23(17-5-3-6-20(13-17)40-2)21-7-4-8-22-25(21)37(27(24)39)9-10-41-22/h3-8,11-14H,9-10,15H2,1-2H3. The smallest absolute Gasteiger partial charge is 0.416 e. The highest BCUT2D eigenvalue weighted by Crippen LogP contribution is 2.39. The predicted octanol–water partition coefficient (Wildman–Crippen LogP) is 6.38. The Morgan fingerprint density at radius 2 is 1.63 bits per heavy atom. The molecule has 0 fully saturated rings. The van der Waals surface area contributed by atoms with E-state index in [0.29, 0.717) is 40.1 Å². The fraction of sp³-hybridized carbons (Fsp3) is 0.241. The van der Waals surface area contributed by atoms with Crippen LogP contribution in [-0.2, 0) is 25.4 Å². The Kier molecular flexibility index (Phi) is 6.96. The molecule has 0 atom stereocenters. The van der Waals surface area contributed by atoms with Gasteiger partial charge in [0.25, 0.3) is 11.5 Å². The number of benzene rings is 3. The van der Waals surface area contributed by atoms with Crippen LogP contribution in [0.2, 0.25) is 0 Å². The van der Waals surface area contributed by atoms with Gasteiger partial charge < -0.3 is 18.9 Å². The van der Waals surface area contributed by atoms with Crippen molar-refractivity contribution in [1.29, 1.82) is 0 Å². The molecule has 12 heteroatoms. The highest BCUT2D eigenvalue weighted by molar-refractivity contribution is 6.10. The van der Waals surface area contributed by atoms with Crippen LogP contribution in [0, 0.1) is 0 Å². The van der Waals surface area contributed by atoms with Gasteiger partial charge in [0, 0.05) is 24.5 Å². The lowest BCUT2D eigenvalue weighted by molar-refractivity contribution is -0.143. The zero-order chi connectivity index (χ0) is 29.7. The first-order valence-electron chi connectivity index (χ1n) is 12.3. The van der Waals surface area contributed by atoms with Crippen molar-refractivity contribution in [3.05, 3.63) is 93.3 Å². The summed E-state index contributed by atoms with van der Waals surface area (Å²) in [5.41, 5.74) is -3.18. The minimum absolute atomic E-state index is 0.0202. The molecule has 0 bridgehead atoms. The third-order valence-corrected chi connectivity index (χ3v) is 6.81. The molecule has 1 aliphatic heterocycles. The number of rotatable bonds is 5. The molecule has 0 spiro atoms. The van der Waals surface area contributed by atoms with Crippen LogP contribution in [0.4, 0.5) is 26.3 Å². The van der Waals surface area contributed by atoms with Crippen molar-refractivity contribution in [3.8, 4) is 22.6 Å². The second-order valence-corrected chi connectivity index (χ2v) is 9.51. The second-order valence-electron chi connectivity index (χ2n) is 9.51. The first-order chi connectivity index (χ1) is 19.3. The molecule has 41 heavy (non-hydrogen) atoms. The number of carbonyl (C=O) groups excluding carboxylic acids is 1. The van der Waals surface area contributed by atoms with Gasteiger partial charge in [-0.05, 0) is 47.5 Å². The topological polar surface area (TPSA) is 60.8 Å². The van der Waals surface area contributed by atoms with E-state index < -0.39 is 47.1 Å². The summed E-state index contributed by atoms with van der Waals surface area (Å²) in [5.74, 6) is 0.00190. The summed E-state index contributed by atoms with van der Waals surface area (Å²) < 4.78 is 92.9. The molecule has 0 radical (unpaired) electrons. The van der Waals surface area contributed by atoms with Crippen molar-refractivity contribution in [2.45, 2.75) is 25.4 Å². The molecule has 1 aliphatic rings. The van der Waals surface area contributed by atoms with E-state index in [1.54, 1.807) is 42.5 Å². The first kappa shape index (κ1) is 28.1. The normalized spacial score (nSPS) is 13.2. The van der Waals surface area contributed by atoms with Crippen molar-refractivity contribution < 1.29 is 40.6 Å². The highest BCUT2D eigenvalue weighted by atomic mass is 19.4. The molecule has 0 saturated carbocycles. The zero-order valence-corrected chi connectivity index (χ0v) is 21.7. The molecule has 0 unspecified atom stereocenters. The SMILES string of the molecule is COc1cccc(-c2c(C(=O)N(C)Cc3cc(C(F)(F)F)cc(C(F)(F)F)c3)c(=O)n3c4c(cccc24)OCC3)c1. The average molecular weight is 576 g/mol. The van der Waals surface area contributed by atoms with Crippen LogP contribution in [0.3, 0.4) is 0 Å². The van der Waals surface area contributed by atoms with Crippen LogP contribution in [0.15, 0.2) is 65.5 Å². The van der Waals surface area contributed by atoms with Crippen LogP contribution in [0.1, 0.15) is 27.0 Å². The summed E-state index contributed by atoms with van der Waals surface area (Å²) in [4.78, 5) is 28.7. The molecular weight excluding hydrogens is 554 g/mol. The Bertz CT molecular complexity index is 1690. The van der Waals surface area contributed by atoms with Crippen LogP contribution >= 0.6 is 0 Å². The lowest BCUT2D eigenvalue weighted by atomic mass is 9.94.